The summed E-state index contributed by atoms with van der Waals surface area (Å²) in [5.74, 6) is -0.451. The van der Waals surface area contributed by atoms with E-state index < -0.39 is 5.97 Å². The van der Waals surface area contributed by atoms with E-state index in [1.165, 1.54) is 19.3 Å². The van der Waals surface area contributed by atoms with Crippen molar-refractivity contribution < 1.29 is 19.4 Å². The maximum Gasteiger partial charge on any atom is 0.338 e. The molecule has 5 rings (SSSR count). The van der Waals surface area contributed by atoms with Crippen molar-refractivity contribution in [3.63, 3.8) is 0 Å². The summed E-state index contributed by atoms with van der Waals surface area (Å²) < 4.78 is 5.13. The number of likely N-dealkylation sites (tertiary alicyclic amines) is 1. The molecule has 1 saturated heterocycles. The van der Waals surface area contributed by atoms with Crippen LogP contribution in [0.15, 0.2) is 77.8 Å². The van der Waals surface area contributed by atoms with Crippen molar-refractivity contribution in [1.82, 2.24) is 9.88 Å². The molecule has 4 aromatic rings. The first-order valence-electron chi connectivity index (χ1n) is 14.2. The topological polar surface area (TPSA) is 98.2 Å². The molecule has 1 fully saturated rings. The SMILES string of the molecule is CCOC(=O)c1ccc2c(C(=Nc3ccc(N(CCN4CCCCC4)C(C)=O)cc3)c3ccccc3)c(O)[nH]c2c1. The molecule has 0 aliphatic carbocycles. The molecule has 3 aromatic carbocycles. The number of carbonyl (C=O) groups is 2. The first kappa shape index (κ1) is 28.1. The van der Waals surface area contributed by atoms with Gasteiger partial charge >= 0.3 is 5.97 Å². The number of anilines is 1. The molecule has 0 bridgehead atoms. The van der Waals surface area contributed by atoms with Gasteiger partial charge in [0.05, 0.1) is 29.1 Å². The number of nitrogens with zero attached hydrogens (tertiary/aromatic N) is 3. The Morgan fingerprint density at radius 2 is 1.71 bits per heavy atom. The summed E-state index contributed by atoms with van der Waals surface area (Å²) in [5.41, 5.74) is 4.47. The van der Waals surface area contributed by atoms with Crippen LogP contribution >= 0.6 is 0 Å². The van der Waals surface area contributed by atoms with Gasteiger partial charge in [0, 0.05) is 42.2 Å². The highest BCUT2D eigenvalue weighted by Crippen LogP contribution is 2.32. The molecule has 1 aromatic heterocycles. The van der Waals surface area contributed by atoms with Crippen LogP contribution < -0.4 is 4.90 Å². The Bertz CT molecular complexity index is 1540. The number of nitrogens with one attached hydrogen (secondary N) is 1. The number of aromatic nitrogens is 1. The normalized spacial score (nSPS) is 14.2. The summed E-state index contributed by atoms with van der Waals surface area (Å²) in [7, 11) is 0. The Kier molecular flexibility index (Phi) is 8.79. The molecule has 0 atom stereocenters. The molecule has 0 spiro atoms. The lowest BCUT2D eigenvalue weighted by Gasteiger charge is -2.29. The number of aromatic amines is 1. The van der Waals surface area contributed by atoms with Crippen LogP contribution in [0.5, 0.6) is 5.88 Å². The van der Waals surface area contributed by atoms with E-state index in [1.807, 2.05) is 59.5 Å². The number of aliphatic imine (C=N–C) groups is 1. The Hall–Kier alpha value is -4.43. The molecule has 1 aliphatic rings. The highest BCUT2D eigenvalue weighted by molar-refractivity contribution is 6.22. The summed E-state index contributed by atoms with van der Waals surface area (Å²) in [6.07, 6.45) is 3.72. The fourth-order valence-corrected chi connectivity index (χ4v) is 5.35. The highest BCUT2D eigenvalue weighted by Gasteiger charge is 2.21. The molecule has 0 unspecified atom stereocenters. The number of esters is 1. The van der Waals surface area contributed by atoms with Crippen LogP contribution in [0.1, 0.15) is 54.6 Å². The fraction of sp³-hybridized carbons (Fsp3) is 0.303. The summed E-state index contributed by atoms with van der Waals surface area (Å²) in [4.78, 5) is 37.0. The molecule has 0 radical (unpaired) electrons. The lowest BCUT2D eigenvalue weighted by molar-refractivity contribution is -0.116. The first-order chi connectivity index (χ1) is 19.9. The number of rotatable bonds is 9. The zero-order valence-electron chi connectivity index (χ0n) is 23.6. The Labute approximate surface area is 240 Å². The van der Waals surface area contributed by atoms with E-state index >= 15 is 0 Å². The van der Waals surface area contributed by atoms with Gasteiger partial charge in [0.2, 0.25) is 5.91 Å². The molecule has 1 amide bonds. The zero-order chi connectivity index (χ0) is 28.8. The number of carbonyl (C=O) groups excluding carboxylic acids is 2. The van der Waals surface area contributed by atoms with E-state index in [0.717, 1.165) is 36.3 Å². The van der Waals surface area contributed by atoms with Gasteiger partial charge in [0.1, 0.15) is 0 Å². The van der Waals surface area contributed by atoms with Gasteiger partial charge in [-0.1, -0.05) is 42.8 Å². The molecule has 41 heavy (non-hydrogen) atoms. The van der Waals surface area contributed by atoms with Crippen molar-refractivity contribution in [2.24, 2.45) is 4.99 Å². The van der Waals surface area contributed by atoms with Crippen molar-refractivity contribution in [1.29, 1.82) is 0 Å². The summed E-state index contributed by atoms with van der Waals surface area (Å²) in [5, 5.41) is 11.8. The lowest BCUT2D eigenvalue weighted by atomic mass is 10.00. The maximum atomic E-state index is 12.5. The molecule has 2 N–H and O–H groups in total. The average molecular weight is 553 g/mol. The molecule has 8 nitrogen and oxygen atoms in total. The summed E-state index contributed by atoms with van der Waals surface area (Å²) in [6.45, 7) is 7.32. The van der Waals surface area contributed by atoms with Crippen molar-refractivity contribution in [3.8, 4) is 5.88 Å². The number of hydrogen-bond donors (Lipinski definition) is 2. The predicted octanol–water partition coefficient (Wildman–Crippen LogP) is 6.06. The highest BCUT2D eigenvalue weighted by atomic mass is 16.5. The molecular formula is C33H36N4O4. The second-order valence-corrected chi connectivity index (χ2v) is 10.2. The molecule has 2 heterocycles. The van der Waals surface area contributed by atoms with E-state index in [4.69, 9.17) is 9.73 Å². The van der Waals surface area contributed by atoms with Crippen LogP contribution in [-0.2, 0) is 9.53 Å². The third-order valence-corrected chi connectivity index (χ3v) is 7.44. The van der Waals surface area contributed by atoms with Gasteiger partial charge in [-0.15, -0.1) is 0 Å². The number of ether oxygens (including phenoxy) is 1. The van der Waals surface area contributed by atoms with Gasteiger partial charge in [-0.2, -0.15) is 0 Å². The Morgan fingerprint density at radius 1 is 0.976 bits per heavy atom. The standard InChI is InChI=1S/C33H36N4O4/c1-3-41-33(40)25-12-17-28-29(22-25)35-32(39)30(28)31(24-10-6-4-7-11-24)34-26-13-15-27(16-14-26)37(23(2)38)21-20-36-18-8-5-9-19-36/h4,6-7,10-17,22,35,39H,3,5,8-9,18-21H2,1-2H3. The number of hydrogen-bond acceptors (Lipinski definition) is 6. The van der Waals surface area contributed by atoms with Crippen molar-refractivity contribution in [2.45, 2.75) is 33.1 Å². The van der Waals surface area contributed by atoms with Crippen LogP contribution in [0.4, 0.5) is 11.4 Å². The van der Waals surface area contributed by atoms with E-state index in [-0.39, 0.29) is 18.4 Å². The summed E-state index contributed by atoms with van der Waals surface area (Å²) >= 11 is 0. The number of aromatic hydroxyl groups is 1. The van der Waals surface area contributed by atoms with Gasteiger partial charge in [-0.05, 0) is 69.3 Å². The van der Waals surface area contributed by atoms with Crippen LogP contribution in [0, 0.1) is 0 Å². The van der Waals surface area contributed by atoms with E-state index in [0.29, 0.717) is 34.6 Å². The van der Waals surface area contributed by atoms with Crippen LogP contribution in [0.25, 0.3) is 10.9 Å². The van der Waals surface area contributed by atoms with Gasteiger partial charge in [0.15, 0.2) is 5.88 Å². The van der Waals surface area contributed by atoms with E-state index in [1.54, 1.807) is 32.0 Å². The number of benzene rings is 3. The monoisotopic (exact) mass is 552 g/mol. The molecular weight excluding hydrogens is 516 g/mol. The molecule has 8 heteroatoms. The minimum Gasteiger partial charge on any atom is -0.494 e. The number of piperidine rings is 1. The zero-order valence-corrected chi connectivity index (χ0v) is 23.6. The van der Waals surface area contributed by atoms with E-state index in [9.17, 15) is 14.7 Å². The van der Waals surface area contributed by atoms with Gasteiger partial charge in [-0.3, -0.25) is 4.79 Å². The Morgan fingerprint density at radius 3 is 2.39 bits per heavy atom. The van der Waals surface area contributed by atoms with E-state index in [2.05, 4.69) is 9.88 Å². The summed E-state index contributed by atoms with van der Waals surface area (Å²) in [6, 6.07) is 22.4. The van der Waals surface area contributed by atoms with Crippen molar-refractivity contribution in [3.05, 3.63) is 89.5 Å². The second-order valence-electron chi connectivity index (χ2n) is 10.2. The average Bonchev–Trinajstić information content (AvgIpc) is 3.32. The second kappa shape index (κ2) is 12.8. The smallest absolute Gasteiger partial charge is 0.338 e. The maximum absolute atomic E-state index is 12.5. The molecule has 1 aliphatic heterocycles. The van der Waals surface area contributed by atoms with Gasteiger partial charge in [-0.25, -0.2) is 9.79 Å². The third kappa shape index (κ3) is 6.49. The van der Waals surface area contributed by atoms with Crippen molar-refractivity contribution >= 4 is 39.9 Å². The van der Waals surface area contributed by atoms with Gasteiger partial charge in [0.25, 0.3) is 0 Å². The van der Waals surface area contributed by atoms with Crippen LogP contribution in [-0.4, -0.2) is 65.4 Å². The van der Waals surface area contributed by atoms with Crippen molar-refractivity contribution in [2.75, 3.05) is 37.7 Å². The minimum atomic E-state index is -0.419. The van der Waals surface area contributed by atoms with Crippen LogP contribution in [0.2, 0.25) is 0 Å². The molecule has 212 valence electrons. The number of H-pyrrole nitrogens is 1. The number of amides is 1. The first-order valence-corrected chi connectivity index (χ1v) is 14.2. The largest absolute Gasteiger partial charge is 0.494 e. The predicted molar refractivity (Wildman–Crippen MR) is 162 cm³/mol. The molecule has 0 saturated carbocycles. The lowest BCUT2D eigenvalue weighted by Crippen LogP contribution is -2.39. The van der Waals surface area contributed by atoms with Crippen LogP contribution in [0.3, 0.4) is 0 Å². The van der Waals surface area contributed by atoms with Gasteiger partial charge < -0.3 is 24.6 Å². The third-order valence-electron chi connectivity index (χ3n) is 7.44. The quantitative estimate of drug-likeness (QED) is 0.194. The Balaban J connectivity index is 1.47. The minimum absolute atomic E-state index is 0.00846. The fourth-order valence-electron chi connectivity index (χ4n) is 5.35. The number of fused-ring (bicyclic) bond motifs is 1.